The van der Waals surface area contributed by atoms with Gasteiger partial charge in [0.1, 0.15) is 5.75 Å². The first-order valence-corrected chi connectivity index (χ1v) is 13.3. The Hall–Kier alpha value is -3.15. The summed E-state index contributed by atoms with van der Waals surface area (Å²) in [5.74, 6) is 0.683. The normalized spacial score (nSPS) is 11.2. The van der Waals surface area contributed by atoms with Crippen LogP contribution in [0.1, 0.15) is 78.1 Å². The molecule has 36 heavy (non-hydrogen) atoms. The summed E-state index contributed by atoms with van der Waals surface area (Å²) in [6.45, 7) is 4.99. The Balaban J connectivity index is 1.21. The molecule has 2 heterocycles. The average Bonchev–Trinajstić information content (AvgIpc) is 2.88. The summed E-state index contributed by atoms with van der Waals surface area (Å²) in [6.07, 6.45) is 13.5. The Morgan fingerprint density at radius 2 is 1.47 bits per heavy atom. The number of nitrogens with zero attached hydrogens (tertiary/aromatic N) is 1. The summed E-state index contributed by atoms with van der Waals surface area (Å²) >= 11 is 0. The van der Waals surface area contributed by atoms with Gasteiger partial charge < -0.3 is 13.9 Å². The van der Waals surface area contributed by atoms with Crippen LogP contribution in [0.3, 0.4) is 0 Å². The van der Waals surface area contributed by atoms with Crippen LogP contribution in [0.4, 0.5) is 0 Å². The molecule has 6 nitrogen and oxygen atoms in total. The van der Waals surface area contributed by atoms with Crippen LogP contribution in [-0.2, 0) is 9.53 Å². The van der Waals surface area contributed by atoms with Crippen molar-refractivity contribution in [1.82, 2.24) is 4.98 Å². The van der Waals surface area contributed by atoms with Crippen LogP contribution in [0, 0.1) is 5.92 Å². The molecule has 3 rings (SSSR count). The predicted molar refractivity (Wildman–Crippen MR) is 143 cm³/mol. The molecule has 0 fully saturated rings. The van der Waals surface area contributed by atoms with Gasteiger partial charge >= 0.3 is 11.6 Å². The fourth-order valence-electron chi connectivity index (χ4n) is 4.04. The highest BCUT2D eigenvalue weighted by molar-refractivity contribution is 5.78. The third-order valence-electron chi connectivity index (χ3n) is 6.20. The molecule has 0 saturated heterocycles. The number of ether oxygens (including phenoxy) is 2. The second kappa shape index (κ2) is 15.1. The number of carbonyl (C=O) groups is 1. The van der Waals surface area contributed by atoms with Crippen LogP contribution in [0.2, 0.25) is 0 Å². The van der Waals surface area contributed by atoms with E-state index in [-0.39, 0.29) is 17.5 Å². The molecule has 0 amide bonds. The number of unbranched alkanes of at least 4 members (excludes halogenated alkanes) is 9. The maximum Gasteiger partial charge on any atom is 0.345 e. The molecule has 0 unspecified atom stereocenters. The zero-order chi connectivity index (χ0) is 25.6. The molecule has 0 radical (unpaired) electrons. The number of carbonyl (C=O) groups excluding carboxylic acids is 1. The second-order valence-electron chi connectivity index (χ2n) is 9.58. The molecule has 0 aliphatic rings. The molecule has 194 valence electrons. The quantitative estimate of drug-likeness (QED) is 0.153. The van der Waals surface area contributed by atoms with E-state index in [0.717, 1.165) is 36.0 Å². The average molecular weight is 494 g/mol. The molecule has 0 aliphatic carbocycles. The van der Waals surface area contributed by atoms with E-state index in [4.69, 9.17) is 13.9 Å². The zero-order valence-electron chi connectivity index (χ0n) is 21.7. The fraction of sp³-hybridized carbons (Fsp3) is 0.500. The van der Waals surface area contributed by atoms with Gasteiger partial charge in [-0.1, -0.05) is 77.3 Å². The predicted octanol–water partition coefficient (Wildman–Crippen LogP) is 7.33. The lowest BCUT2D eigenvalue weighted by Gasteiger charge is -2.08. The highest BCUT2D eigenvalue weighted by atomic mass is 16.5. The Morgan fingerprint density at radius 3 is 2.11 bits per heavy atom. The molecule has 6 heteroatoms. The lowest BCUT2D eigenvalue weighted by Crippen LogP contribution is -2.12. The highest BCUT2D eigenvalue weighted by Crippen LogP contribution is 2.23. The minimum Gasteiger partial charge on any atom is -0.494 e. The van der Waals surface area contributed by atoms with Crippen LogP contribution >= 0.6 is 0 Å². The van der Waals surface area contributed by atoms with Crippen molar-refractivity contribution < 1.29 is 18.7 Å². The molecule has 0 atom stereocenters. The molecule has 1 aromatic carbocycles. The van der Waals surface area contributed by atoms with Gasteiger partial charge in [0.2, 0.25) is 5.71 Å². The maximum atomic E-state index is 12.3. The van der Waals surface area contributed by atoms with E-state index in [1.54, 1.807) is 6.20 Å². The Morgan fingerprint density at radius 1 is 0.861 bits per heavy atom. The van der Waals surface area contributed by atoms with E-state index >= 15 is 0 Å². The van der Waals surface area contributed by atoms with Gasteiger partial charge in [-0.2, -0.15) is 0 Å². The van der Waals surface area contributed by atoms with E-state index in [1.807, 2.05) is 56.3 Å². The summed E-state index contributed by atoms with van der Waals surface area (Å²) in [5.41, 5.74) is 1.29. The van der Waals surface area contributed by atoms with Gasteiger partial charge in [0.25, 0.3) is 0 Å². The van der Waals surface area contributed by atoms with Crippen molar-refractivity contribution >= 4 is 17.1 Å². The van der Waals surface area contributed by atoms with Crippen molar-refractivity contribution in [3.8, 4) is 16.9 Å². The summed E-state index contributed by atoms with van der Waals surface area (Å²) in [4.78, 5) is 27.8. The van der Waals surface area contributed by atoms with E-state index < -0.39 is 0 Å². The van der Waals surface area contributed by atoms with Crippen molar-refractivity contribution in [1.29, 1.82) is 0 Å². The molecule has 0 N–H and O–H groups in total. The number of hydrogen-bond donors (Lipinski definition) is 0. The number of esters is 1. The first-order chi connectivity index (χ1) is 17.5. The molecular formula is C30H39NO5. The zero-order valence-corrected chi connectivity index (χ0v) is 21.7. The second-order valence-corrected chi connectivity index (χ2v) is 9.58. The van der Waals surface area contributed by atoms with Crippen molar-refractivity contribution in [2.75, 3.05) is 13.2 Å². The van der Waals surface area contributed by atoms with Crippen LogP contribution in [0.15, 0.2) is 57.9 Å². The topological polar surface area (TPSA) is 78.6 Å². The molecule has 0 saturated carbocycles. The van der Waals surface area contributed by atoms with Crippen molar-refractivity contribution in [3.63, 3.8) is 0 Å². The summed E-state index contributed by atoms with van der Waals surface area (Å²) in [5, 5.41) is 0.800. The summed E-state index contributed by atoms with van der Waals surface area (Å²) in [6, 6.07) is 13.1. The molecule has 0 aliphatic heterocycles. The van der Waals surface area contributed by atoms with Crippen LogP contribution in [-0.4, -0.2) is 24.2 Å². The van der Waals surface area contributed by atoms with Gasteiger partial charge in [0.05, 0.1) is 24.7 Å². The molecule has 0 bridgehead atoms. The highest BCUT2D eigenvalue weighted by Gasteiger charge is 2.09. The minimum atomic E-state index is -0.390. The minimum absolute atomic E-state index is 0.0332. The van der Waals surface area contributed by atoms with E-state index in [0.29, 0.717) is 24.5 Å². The Kier molecular flexibility index (Phi) is 11.5. The monoisotopic (exact) mass is 493 g/mol. The number of aromatic nitrogens is 1. The van der Waals surface area contributed by atoms with Gasteiger partial charge in [-0.25, -0.2) is 9.78 Å². The Labute approximate surface area is 214 Å². The number of benzene rings is 1. The third kappa shape index (κ3) is 9.14. The van der Waals surface area contributed by atoms with E-state index in [2.05, 4.69) is 4.98 Å². The van der Waals surface area contributed by atoms with Gasteiger partial charge in [-0.15, -0.1) is 0 Å². The van der Waals surface area contributed by atoms with Crippen LogP contribution in [0.25, 0.3) is 22.2 Å². The van der Waals surface area contributed by atoms with Gasteiger partial charge in [-0.05, 0) is 48.7 Å². The van der Waals surface area contributed by atoms with Gasteiger partial charge in [0.15, 0.2) is 0 Å². The number of hydrogen-bond acceptors (Lipinski definition) is 6. The lowest BCUT2D eigenvalue weighted by molar-refractivity contribution is -0.147. The summed E-state index contributed by atoms with van der Waals surface area (Å²) in [7, 11) is 0. The molecule has 3 aromatic rings. The molecule has 2 aromatic heterocycles. The standard InChI is InChI=1S/C30H39NO5/c1-23(2)29(32)35-21-12-10-8-6-4-3-5-7-9-11-20-34-26-17-15-24(16-18-26)27-22-25-14-13-19-31-28(25)36-30(27)33/h13-19,22-23H,3-12,20-21H2,1-2H3. The lowest BCUT2D eigenvalue weighted by atomic mass is 10.1. The smallest absolute Gasteiger partial charge is 0.345 e. The summed E-state index contributed by atoms with van der Waals surface area (Å²) < 4.78 is 16.4. The number of fused-ring (bicyclic) bond motifs is 1. The fourth-order valence-corrected chi connectivity index (χ4v) is 4.04. The van der Waals surface area contributed by atoms with Crippen LogP contribution < -0.4 is 10.4 Å². The third-order valence-corrected chi connectivity index (χ3v) is 6.20. The van der Waals surface area contributed by atoms with Gasteiger partial charge in [-0.3, -0.25) is 4.79 Å². The van der Waals surface area contributed by atoms with E-state index in [9.17, 15) is 9.59 Å². The largest absolute Gasteiger partial charge is 0.494 e. The maximum absolute atomic E-state index is 12.3. The SMILES string of the molecule is CC(C)C(=O)OCCCCCCCCCCCCOc1ccc(-c2cc3cccnc3oc2=O)cc1. The Bertz CT molecular complexity index is 1120. The first-order valence-electron chi connectivity index (χ1n) is 13.3. The molecule has 0 spiro atoms. The van der Waals surface area contributed by atoms with Crippen molar-refractivity contribution in [3.05, 3.63) is 59.1 Å². The van der Waals surface area contributed by atoms with Gasteiger partial charge in [0, 0.05) is 11.6 Å². The van der Waals surface area contributed by atoms with Crippen molar-refractivity contribution in [2.45, 2.75) is 78.1 Å². The number of pyridine rings is 1. The van der Waals surface area contributed by atoms with E-state index in [1.165, 1.54) is 44.9 Å². The van der Waals surface area contributed by atoms with Crippen LogP contribution in [0.5, 0.6) is 5.75 Å². The number of rotatable bonds is 16. The molecular weight excluding hydrogens is 454 g/mol. The van der Waals surface area contributed by atoms with Crippen molar-refractivity contribution in [2.24, 2.45) is 5.92 Å². The first kappa shape index (κ1) is 27.4.